The number of nitriles is 1. The van der Waals surface area contributed by atoms with Crippen LogP contribution in [0, 0.1) is 11.3 Å². The van der Waals surface area contributed by atoms with Crippen LogP contribution in [0.3, 0.4) is 0 Å². The highest BCUT2D eigenvalue weighted by Crippen LogP contribution is 2.13. The molecule has 1 aromatic rings. The van der Waals surface area contributed by atoms with E-state index < -0.39 is 0 Å². The summed E-state index contributed by atoms with van der Waals surface area (Å²) < 4.78 is 0. The Balaban J connectivity index is 2.14. The molecule has 2 heterocycles. The molecule has 2 N–H and O–H groups in total. The third-order valence-corrected chi connectivity index (χ3v) is 2.08. The minimum atomic E-state index is 0.441. The van der Waals surface area contributed by atoms with E-state index in [0.29, 0.717) is 11.6 Å². The summed E-state index contributed by atoms with van der Waals surface area (Å²) in [5.41, 5.74) is 1.48. The summed E-state index contributed by atoms with van der Waals surface area (Å²) in [5.74, 6) is 0. The first-order valence-corrected chi connectivity index (χ1v) is 4.21. The Bertz CT molecular complexity index is 338. The van der Waals surface area contributed by atoms with Crippen LogP contribution in [0.2, 0.25) is 0 Å². The monoisotopic (exact) mass is 174 g/mol. The fourth-order valence-electron chi connectivity index (χ4n) is 1.22. The van der Waals surface area contributed by atoms with Crippen LogP contribution in [0.25, 0.3) is 0 Å². The molecular formula is C9H10N4. The molecule has 0 radical (unpaired) electrons. The summed E-state index contributed by atoms with van der Waals surface area (Å²) >= 11 is 0. The second kappa shape index (κ2) is 3.42. The molecule has 0 bridgehead atoms. The lowest BCUT2D eigenvalue weighted by molar-refractivity contribution is 0.472. The normalized spacial score (nSPS) is 15.9. The van der Waals surface area contributed by atoms with Crippen molar-refractivity contribution in [3.05, 3.63) is 24.0 Å². The van der Waals surface area contributed by atoms with Gasteiger partial charge in [-0.05, 0) is 6.07 Å². The Morgan fingerprint density at radius 2 is 2.46 bits per heavy atom. The van der Waals surface area contributed by atoms with Crippen LogP contribution in [-0.4, -0.2) is 24.1 Å². The molecule has 0 saturated carbocycles. The third kappa shape index (κ3) is 1.60. The summed E-state index contributed by atoms with van der Waals surface area (Å²) in [6, 6.07) is 4.28. The van der Waals surface area contributed by atoms with Gasteiger partial charge in [-0.3, -0.25) is 4.98 Å². The number of nitrogens with zero attached hydrogens (tertiary/aromatic N) is 2. The molecule has 0 spiro atoms. The van der Waals surface area contributed by atoms with Crippen molar-refractivity contribution in [3.8, 4) is 6.07 Å². The van der Waals surface area contributed by atoms with Crippen molar-refractivity contribution in [1.29, 1.82) is 5.26 Å². The Labute approximate surface area is 76.6 Å². The number of aromatic nitrogens is 1. The first-order chi connectivity index (χ1) is 6.40. The van der Waals surface area contributed by atoms with E-state index in [-0.39, 0.29) is 0 Å². The number of pyridine rings is 1. The van der Waals surface area contributed by atoms with E-state index in [1.165, 1.54) is 0 Å². The van der Waals surface area contributed by atoms with Crippen molar-refractivity contribution < 1.29 is 0 Å². The maximum absolute atomic E-state index is 8.79. The second-order valence-corrected chi connectivity index (χ2v) is 3.03. The highest BCUT2D eigenvalue weighted by molar-refractivity contribution is 5.56. The van der Waals surface area contributed by atoms with E-state index in [1.807, 2.05) is 0 Å². The SMILES string of the molecule is N#Cc1ccncc1NC1CNC1. The van der Waals surface area contributed by atoms with Gasteiger partial charge < -0.3 is 10.6 Å². The second-order valence-electron chi connectivity index (χ2n) is 3.03. The van der Waals surface area contributed by atoms with Crippen molar-refractivity contribution >= 4 is 5.69 Å². The summed E-state index contributed by atoms with van der Waals surface area (Å²) in [7, 11) is 0. The maximum atomic E-state index is 8.79. The molecule has 1 aliphatic heterocycles. The molecular weight excluding hydrogens is 164 g/mol. The van der Waals surface area contributed by atoms with Crippen molar-refractivity contribution in [1.82, 2.24) is 10.3 Å². The topological polar surface area (TPSA) is 60.7 Å². The van der Waals surface area contributed by atoms with Gasteiger partial charge in [0.15, 0.2) is 0 Å². The zero-order chi connectivity index (χ0) is 9.10. The number of hydrogen-bond acceptors (Lipinski definition) is 4. The van der Waals surface area contributed by atoms with E-state index in [2.05, 4.69) is 21.7 Å². The van der Waals surface area contributed by atoms with Crippen LogP contribution < -0.4 is 10.6 Å². The molecule has 1 saturated heterocycles. The number of nitrogens with one attached hydrogen (secondary N) is 2. The minimum Gasteiger partial charge on any atom is -0.377 e. The molecule has 0 unspecified atom stereocenters. The van der Waals surface area contributed by atoms with E-state index in [4.69, 9.17) is 5.26 Å². The van der Waals surface area contributed by atoms with Gasteiger partial charge in [-0.1, -0.05) is 0 Å². The van der Waals surface area contributed by atoms with E-state index in [9.17, 15) is 0 Å². The lowest BCUT2D eigenvalue weighted by Gasteiger charge is -2.29. The first kappa shape index (κ1) is 8.02. The van der Waals surface area contributed by atoms with Crippen LogP contribution in [0.4, 0.5) is 5.69 Å². The molecule has 1 aliphatic rings. The molecule has 4 nitrogen and oxygen atoms in total. The molecule has 0 aliphatic carbocycles. The predicted octanol–water partition coefficient (Wildman–Crippen LogP) is 0.337. The summed E-state index contributed by atoms with van der Waals surface area (Å²) in [6.45, 7) is 1.92. The Morgan fingerprint density at radius 1 is 1.62 bits per heavy atom. The van der Waals surface area contributed by atoms with Gasteiger partial charge in [0, 0.05) is 19.3 Å². The highest BCUT2D eigenvalue weighted by Gasteiger charge is 2.17. The van der Waals surface area contributed by atoms with Gasteiger partial charge in [0.2, 0.25) is 0 Å². The quantitative estimate of drug-likeness (QED) is 0.678. The number of anilines is 1. The lowest BCUT2D eigenvalue weighted by atomic mass is 10.1. The summed E-state index contributed by atoms with van der Waals surface area (Å²) in [5, 5.41) is 15.2. The average Bonchev–Trinajstić information content (AvgIpc) is 2.12. The highest BCUT2D eigenvalue weighted by atomic mass is 15.1. The van der Waals surface area contributed by atoms with Gasteiger partial charge in [-0.15, -0.1) is 0 Å². The zero-order valence-corrected chi connectivity index (χ0v) is 7.12. The zero-order valence-electron chi connectivity index (χ0n) is 7.12. The van der Waals surface area contributed by atoms with E-state index in [1.54, 1.807) is 18.5 Å². The summed E-state index contributed by atoms with van der Waals surface area (Å²) in [4.78, 5) is 3.97. The number of hydrogen-bond donors (Lipinski definition) is 2. The van der Waals surface area contributed by atoms with Crippen molar-refractivity contribution in [3.63, 3.8) is 0 Å². The van der Waals surface area contributed by atoms with Crippen molar-refractivity contribution in [2.45, 2.75) is 6.04 Å². The summed E-state index contributed by atoms with van der Waals surface area (Å²) in [6.07, 6.45) is 3.32. The van der Waals surface area contributed by atoms with Gasteiger partial charge in [-0.2, -0.15) is 5.26 Å². The molecule has 66 valence electrons. The Morgan fingerprint density at radius 3 is 3.08 bits per heavy atom. The first-order valence-electron chi connectivity index (χ1n) is 4.21. The van der Waals surface area contributed by atoms with Gasteiger partial charge in [0.25, 0.3) is 0 Å². The van der Waals surface area contributed by atoms with Crippen molar-refractivity contribution in [2.75, 3.05) is 18.4 Å². The molecule has 0 amide bonds. The van der Waals surface area contributed by atoms with Gasteiger partial charge in [-0.25, -0.2) is 0 Å². The molecule has 4 heteroatoms. The van der Waals surface area contributed by atoms with Crippen LogP contribution in [-0.2, 0) is 0 Å². The van der Waals surface area contributed by atoms with Crippen LogP contribution >= 0.6 is 0 Å². The molecule has 2 rings (SSSR count). The molecule has 0 aromatic carbocycles. The van der Waals surface area contributed by atoms with Crippen molar-refractivity contribution in [2.24, 2.45) is 0 Å². The number of rotatable bonds is 2. The molecule has 13 heavy (non-hydrogen) atoms. The molecule has 1 aromatic heterocycles. The fourth-order valence-corrected chi connectivity index (χ4v) is 1.22. The standard InChI is InChI=1S/C9H10N4/c10-3-7-1-2-11-6-9(7)13-8-4-12-5-8/h1-2,6,8,12-13H,4-5H2. The molecule has 1 fully saturated rings. The molecule has 0 atom stereocenters. The Kier molecular flexibility index (Phi) is 2.11. The predicted molar refractivity (Wildman–Crippen MR) is 49.2 cm³/mol. The van der Waals surface area contributed by atoms with Crippen LogP contribution in [0.15, 0.2) is 18.5 Å². The Hall–Kier alpha value is -1.60. The van der Waals surface area contributed by atoms with E-state index in [0.717, 1.165) is 18.8 Å². The van der Waals surface area contributed by atoms with Gasteiger partial charge >= 0.3 is 0 Å². The van der Waals surface area contributed by atoms with Gasteiger partial charge in [0.1, 0.15) is 6.07 Å². The van der Waals surface area contributed by atoms with Crippen LogP contribution in [0.1, 0.15) is 5.56 Å². The maximum Gasteiger partial charge on any atom is 0.101 e. The minimum absolute atomic E-state index is 0.441. The fraction of sp³-hybridized carbons (Fsp3) is 0.333. The largest absolute Gasteiger partial charge is 0.377 e. The smallest absolute Gasteiger partial charge is 0.101 e. The third-order valence-electron chi connectivity index (χ3n) is 2.08. The van der Waals surface area contributed by atoms with Crippen LogP contribution in [0.5, 0.6) is 0 Å². The van der Waals surface area contributed by atoms with E-state index >= 15 is 0 Å². The lowest BCUT2D eigenvalue weighted by Crippen LogP contribution is -2.51. The average molecular weight is 174 g/mol. The van der Waals surface area contributed by atoms with Gasteiger partial charge in [0.05, 0.1) is 23.5 Å².